The van der Waals surface area contributed by atoms with Gasteiger partial charge in [0.1, 0.15) is 11.6 Å². The smallest absolute Gasteiger partial charge is 0.150 e. The molecular weight excluding hydrogens is 291 g/mol. The Kier molecular flexibility index (Phi) is 4.76. The van der Waals surface area contributed by atoms with Crippen molar-refractivity contribution in [2.45, 2.75) is 6.10 Å². The molecule has 84 valence electrons. The highest BCUT2D eigenvalue weighted by atomic mass is 79.9. The van der Waals surface area contributed by atoms with Crippen LogP contribution in [0.2, 0.25) is 0 Å². The number of anilines is 1. The van der Waals surface area contributed by atoms with Crippen LogP contribution in [0.15, 0.2) is 16.6 Å². The number of nitrogens with one attached hydrogen (secondary N) is 1. The molecule has 1 unspecified atom stereocenters. The minimum atomic E-state index is -0.775. The fourth-order valence-electron chi connectivity index (χ4n) is 0.986. The van der Waals surface area contributed by atoms with Crippen LogP contribution in [0.4, 0.5) is 14.5 Å². The van der Waals surface area contributed by atoms with Crippen LogP contribution in [0, 0.1) is 11.6 Å². The zero-order valence-corrected chi connectivity index (χ0v) is 9.95. The van der Waals surface area contributed by atoms with Crippen molar-refractivity contribution in [2.75, 3.05) is 17.7 Å². The van der Waals surface area contributed by atoms with E-state index in [1.807, 2.05) is 0 Å². The Morgan fingerprint density at radius 2 is 2.13 bits per heavy atom. The van der Waals surface area contributed by atoms with Gasteiger partial charge in [-0.25, -0.2) is 8.78 Å². The second-order valence-electron chi connectivity index (χ2n) is 2.93. The largest absolute Gasteiger partial charge is 0.390 e. The van der Waals surface area contributed by atoms with Crippen molar-refractivity contribution >= 4 is 33.2 Å². The Labute approximate surface area is 99.4 Å². The summed E-state index contributed by atoms with van der Waals surface area (Å²) in [4.78, 5) is 0. The fourth-order valence-corrected chi connectivity index (χ4v) is 1.64. The molecule has 2 nitrogen and oxygen atoms in total. The zero-order chi connectivity index (χ0) is 11.4. The number of aliphatic hydroxyl groups excluding tert-OH is 1. The molecule has 6 heteroatoms. The van der Waals surface area contributed by atoms with Crippen LogP contribution in [0.5, 0.6) is 0 Å². The van der Waals surface area contributed by atoms with E-state index < -0.39 is 17.7 Å². The summed E-state index contributed by atoms with van der Waals surface area (Å²) >= 11 is 8.38. The molecule has 0 radical (unpaired) electrons. The van der Waals surface area contributed by atoms with Gasteiger partial charge in [-0.3, -0.25) is 0 Å². The van der Waals surface area contributed by atoms with Crippen LogP contribution < -0.4 is 5.32 Å². The molecule has 1 rings (SSSR count). The van der Waals surface area contributed by atoms with Crippen molar-refractivity contribution in [1.82, 2.24) is 0 Å². The molecule has 0 aliphatic heterocycles. The molecule has 0 fully saturated rings. The van der Waals surface area contributed by atoms with Crippen LogP contribution in [0.25, 0.3) is 0 Å². The van der Waals surface area contributed by atoms with E-state index in [0.717, 1.165) is 12.1 Å². The molecule has 0 saturated carbocycles. The van der Waals surface area contributed by atoms with E-state index in [1.54, 1.807) is 0 Å². The molecule has 0 amide bonds. The van der Waals surface area contributed by atoms with Gasteiger partial charge in [-0.2, -0.15) is 0 Å². The number of rotatable bonds is 4. The normalized spacial score (nSPS) is 12.6. The van der Waals surface area contributed by atoms with E-state index in [9.17, 15) is 8.78 Å². The molecule has 0 aliphatic carbocycles. The van der Waals surface area contributed by atoms with Crippen molar-refractivity contribution in [2.24, 2.45) is 0 Å². The summed E-state index contributed by atoms with van der Waals surface area (Å²) in [7, 11) is 0. The number of halogens is 4. The van der Waals surface area contributed by atoms with Gasteiger partial charge in [0.2, 0.25) is 0 Å². The Morgan fingerprint density at radius 1 is 1.47 bits per heavy atom. The molecule has 0 aliphatic rings. The van der Waals surface area contributed by atoms with E-state index in [1.165, 1.54) is 0 Å². The van der Waals surface area contributed by atoms with Crippen LogP contribution >= 0.6 is 27.5 Å². The van der Waals surface area contributed by atoms with Crippen molar-refractivity contribution < 1.29 is 13.9 Å². The molecule has 1 atom stereocenters. The third-order valence-corrected chi connectivity index (χ3v) is 2.68. The minimum Gasteiger partial charge on any atom is -0.390 e. The lowest BCUT2D eigenvalue weighted by Gasteiger charge is -2.12. The first-order chi connectivity index (χ1) is 7.04. The van der Waals surface area contributed by atoms with Gasteiger partial charge in [-0.15, -0.1) is 11.6 Å². The number of aliphatic hydroxyl groups is 1. The molecule has 0 spiro atoms. The van der Waals surface area contributed by atoms with Crippen molar-refractivity contribution in [3.8, 4) is 0 Å². The molecule has 0 aromatic heterocycles. The lowest BCUT2D eigenvalue weighted by atomic mass is 10.3. The molecule has 1 aromatic rings. The predicted octanol–water partition coefficient (Wildman–Crippen LogP) is 2.74. The van der Waals surface area contributed by atoms with Crippen LogP contribution in [-0.4, -0.2) is 23.6 Å². The van der Waals surface area contributed by atoms with Gasteiger partial charge >= 0.3 is 0 Å². The average Bonchev–Trinajstić information content (AvgIpc) is 2.15. The summed E-state index contributed by atoms with van der Waals surface area (Å²) in [5.74, 6) is -1.33. The maximum absolute atomic E-state index is 13.2. The van der Waals surface area contributed by atoms with Gasteiger partial charge < -0.3 is 10.4 Å². The summed E-state index contributed by atoms with van der Waals surface area (Å²) in [6.45, 7) is 0.102. The number of hydrogen-bond donors (Lipinski definition) is 2. The summed E-state index contributed by atoms with van der Waals surface area (Å²) in [5.41, 5.74) is 0.112. The molecule has 0 saturated heterocycles. The Bertz CT molecular complexity index is 328. The highest BCUT2D eigenvalue weighted by Gasteiger charge is 2.10. The van der Waals surface area contributed by atoms with E-state index >= 15 is 0 Å². The lowest BCUT2D eigenvalue weighted by Crippen LogP contribution is -2.21. The van der Waals surface area contributed by atoms with E-state index in [-0.39, 0.29) is 22.6 Å². The van der Waals surface area contributed by atoms with Gasteiger partial charge in [0.25, 0.3) is 0 Å². The third kappa shape index (κ3) is 3.59. The van der Waals surface area contributed by atoms with Crippen molar-refractivity contribution in [3.05, 3.63) is 28.2 Å². The van der Waals surface area contributed by atoms with E-state index in [0.29, 0.717) is 0 Å². The van der Waals surface area contributed by atoms with E-state index in [4.69, 9.17) is 16.7 Å². The summed E-state index contributed by atoms with van der Waals surface area (Å²) in [6, 6.07) is 1.90. The SMILES string of the molecule is OC(CCl)CNc1c(F)cc(F)cc1Br. The summed E-state index contributed by atoms with van der Waals surface area (Å²) in [5, 5.41) is 11.8. The Morgan fingerprint density at radius 3 is 2.67 bits per heavy atom. The fraction of sp³-hybridized carbons (Fsp3) is 0.333. The predicted molar refractivity (Wildman–Crippen MR) is 59.3 cm³/mol. The highest BCUT2D eigenvalue weighted by Crippen LogP contribution is 2.26. The zero-order valence-electron chi connectivity index (χ0n) is 7.61. The average molecular weight is 301 g/mol. The van der Waals surface area contributed by atoms with Gasteiger partial charge in [-0.1, -0.05) is 0 Å². The Hall–Kier alpha value is -0.390. The molecule has 1 aromatic carbocycles. The minimum absolute atomic E-state index is 0.0490. The molecule has 15 heavy (non-hydrogen) atoms. The third-order valence-electron chi connectivity index (χ3n) is 1.70. The second kappa shape index (κ2) is 5.63. The summed E-state index contributed by atoms with van der Waals surface area (Å²) in [6.07, 6.45) is -0.775. The highest BCUT2D eigenvalue weighted by molar-refractivity contribution is 9.10. The molecular formula is C9H9BrClF2NO. The van der Waals surface area contributed by atoms with Crippen LogP contribution in [0.3, 0.4) is 0 Å². The topological polar surface area (TPSA) is 32.3 Å². The van der Waals surface area contributed by atoms with Gasteiger partial charge in [0, 0.05) is 17.1 Å². The number of alkyl halides is 1. The first kappa shape index (κ1) is 12.7. The van der Waals surface area contributed by atoms with Gasteiger partial charge in [0.15, 0.2) is 0 Å². The lowest BCUT2D eigenvalue weighted by molar-refractivity contribution is 0.211. The van der Waals surface area contributed by atoms with E-state index in [2.05, 4.69) is 21.2 Å². The number of benzene rings is 1. The maximum atomic E-state index is 13.2. The second-order valence-corrected chi connectivity index (χ2v) is 4.10. The maximum Gasteiger partial charge on any atom is 0.150 e. The van der Waals surface area contributed by atoms with Gasteiger partial charge in [0.05, 0.1) is 17.7 Å². The number of hydrogen-bond acceptors (Lipinski definition) is 2. The van der Waals surface area contributed by atoms with Crippen molar-refractivity contribution in [3.63, 3.8) is 0 Å². The van der Waals surface area contributed by atoms with Crippen molar-refractivity contribution in [1.29, 1.82) is 0 Å². The first-order valence-corrected chi connectivity index (χ1v) is 5.49. The molecule has 0 bridgehead atoms. The van der Waals surface area contributed by atoms with Crippen LogP contribution in [0.1, 0.15) is 0 Å². The standard InChI is InChI=1S/C9H9BrClF2NO/c10-7-1-5(12)2-8(13)9(7)14-4-6(15)3-11/h1-2,6,14-15H,3-4H2. The van der Waals surface area contributed by atoms with Crippen LogP contribution in [-0.2, 0) is 0 Å². The monoisotopic (exact) mass is 299 g/mol. The van der Waals surface area contributed by atoms with Gasteiger partial charge in [-0.05, 0) is 22.0 Å². The summed E-state index contributed by atoms with van der Waals surface area (Å²) < 4.78 is 26.2. The first-order valence-electron chi connectivity index (χ1n) is 4.17. The molecule has 2 N–H and O–H groups in total. The Balaban J connectivity index is 2.77. The molecule has 0 heterocycles. The quantitative estimate of drug-likeness (QED) is 0.838.